The highest BCUT2D eigenvalue weighted by molar-refractivity contribution is 7.92. The number of benzene rings is 4. The first-order valence-corrected chi connectivity index (χ1v) is 11.6. The predicted molar refractivity (Wildman–Crippen MR) is 129 cm³/mol. The summed E-state index contributed by atoms with van der Waals surface area (Å²) in [5.41, 5.74) is 2.05. The second kappa shape index (κ2) is 10.1. The van der Waals surface area contributed by atoms with Gasteiger partial charge in [-0.3, -0.25) is 9.52 Å². The number of nitrogens with zero attached hydrogens (tertiary/aromatic N) is 2. The molecule has 0 aliphatic carbocycles. The van der Waals surface area contributed by atoms with Crippen molar-refractivity contribution in [3.63, 3.8) is 0 Å². The van der Waals surface area contributed by atoms with Gasteiger partial charge in [0.25, 0.3) is 15.9 Å². The standard InChI is InChI=1S/C25H19FN4O3S/c26-18-10-16-22(17-11-18)34(32,33)30-24-9-5-4-8-23(24)25(31)27-19-12-14-21(15-13-19)29-28-20-6-2-1-3-7-20/h1-17,30H,(H,27,31). The maximum Gasteiger partial charge on any atom is 0.261 e. The Balaban J connectivity index is 1.47. The van der Waals surface area contributed by atoms with Crippen molar-refractivity contribution in [2.45, 2.75) is 4.90 Å². The fraction of sp³-hybridized carbons (Fsp3) is 0. The van der Waals surface area contributed by atoms with E-state index in [4.69, 9.17) is 0 Å². The summed E-state index contributed by atoms with van der Waals surface area (Å²) in [5.74, 6) is -1.05. The highest BCUT2D eigenvalue weighted by Gasteiger charge is 2.19. The molecule has 0 spiro atoms. The van der Waals surface area contributed by atoms with Gasteiger partial charge in [-0.05, 0) is 72.8 Å². The Labute approximate surface area is 196 Å². The van der Waals surface area contributed by atoms with Crippen LogP contribution in [-0.2, 0) is 10.0 Å². The monoisotopic (exact) mass is 474 g/mol. The van der Waals surface area contributed by atoms with Crippen LogP contribution in [0.4, 0.5) is 27.1 Å². The van der Waals surface area contributed by atoms with Crippen LogP contribution in [-0.4, -0.2) is 14.3 Å². The Kier molecular flexibility index (Phi) is 6.74. The predicted octanol–water partition coefficient (Wildman–Crippen LogP) is 6.29. The molecule has 170 valence electrons. The number of sulfonamides is 1. The average molecular weight is 475 g/mol. The van der Waals surface area contributed by atoms with Gasteiger partial charge in [-0.1, -0.05) is 30.3 Å². The van der Waals surface area contributed by atoms with Crippen molar-refractivity contribution < 1.29 is 17.6 Å². The fourth-order valence-electron chi connectivity index (χ4n) is 3.01. The van der Waals surface area contributed by atoms with Crippen molar-refractivity contribution in [2.75, 3.05) is 10.0 Å². The van der Waals surface area contributed by atoms with E-state index in [-0.39, 0.29) is 16.1 Å². The van der Waals surface area contributed by atoms with Crippen LogP contribution in [0.3, 0.4) is 0 Å². The van der Waals surface area contributed by atoms with Gasteiger partial charge in [-0.2, -0.15) is 10.2 Å². The number of rotatable bonds is 7. The highest BCUT2D eigenvalue weighted by atomic mass is 32.2. The number of hydrogen-bond donors (Lipinski definition) is 2. The van der Waals surface area contributed by atoms with Crippen LogP contribution in [0.2, 0.25) is 0 Å². The van der Waals surface area contributed by atoms with Gasteiger partial charge in [0.1, 0.15) is 5.82 Å². The minimum atomic E-state index is -4.01. The SMILES string of the molecule is O=C(Nc1ccc(N=Nc2ccccc2)cc1)c1ccccc1NS(=O)(=O)c1ccc(F)cc1. The zero-order valence-corrected chi connectivity index (χ0v) is 18.5. The van der Waals surface area contributed by atoms with Crippen molar-refractivity contribution in [3.8, 4) is 0 Å². The number of para-hydroxylation sites is 1. The molecule has 0 atom stereocenters. The largest absolute Gasteiger partial charge is 0.322 e. The van der Waals surface area contributed by atoms with E-state index in [1.807, 2.05) is 30.3 Å². The van der Waals surface area contributed by atoms with Crippen molar-refractivity contribution in [1.82, 2.24) is 0 Å². The number of carbonyl (C=O) groups excluding carboxylic acids is 1. The Hall–Kier alpha value is -4.37. The van der Waals surface area contributed by atoms with Gasteiger partial charge in [-0.25, -0.2) is 12.8 Å². The number of carbonyl (C=O) groups is 1. The van der Waals surface area contributed by atoms with Crippen LogP contribution in [0, 0.1) is 5.82 Å². The van der Waals surface area contributed by atoms with Crippen LogP contribution in [0.5, 0.6) is 0 Å². The van der Waals surface area contributed by atoms with Gasteiger partial charge in [0, 0.05) is 5.69 Å². The molecule has 0 saturated heterocycles. The molecule has 0 aliphatic rings. The maximum atomic E-state index is 13.1. The van der Waals surface area contributed by atoms with E-state index < -0.39 is 21.7 Å². The third kappa shape index (κ3) is 5.70. The minimum absolute atomic E-state index is 0.0950. The number of azo groups is 1. The number of amides is 1. The topological polar surface area (TPSA) is 100.0 Å². The summed E-state index contributed by atoms with van der Waals surface area (Å²) in [4.78, 5) is 12.7. The normalized spacial score (nSPS) is 11.3. The smallest absolute Gasteiger partial charge is 0.261 e. The number of halogens is 1. The summed E-state index contributed by atoms with van der Waals surface area (Å²) in [6.07, 6.45) is 0. The molecule has 0 unspecified atom stereocenters. The molecule has 0 radical (unpaired) electrons. The molecule has 4 aromatic rings. The van der Waals surface area contributed by atoms with E-state index in [9.17, 15) is 17.6 Å². The summed E-state index contributed by atoms with van der Waals surface area (Å²) >= 11 is 0. The van der Waals surface area contributed by atoms with Gasteiger partial charge in [-0.15, -0.1) is 0 Å². The van der Waals surface area contributed by atoms with Gasteiger partial charge >= 0.3 is 0 Å². The van der Waals surface area contributed by atoms with Crippen molar-refractivity contribution in [3.05, 3.63) is 115 Å². The molecule has 7 nitrogen and oxygen atoms in total. The maximum absolute atomic E-state index is 13.1. The molecule has 0 aromatic heterocycles. The molecule has 0 bridgehead atoms. The molecule has 2 N–H and O–H groups in total. The summed E-state index contributed by atoms with van der Waals surface area (Å²) in [6, 6.07) is 26.6. The second-order valence-corrected chi connectivity index (χ2v) is 8.82. The second-order valence-electron chi connectivity index (χ2n) is 7.14. The molecule has 0 heterocycles. The van der Waals surface area contributed by atoms with Crippen molar-refractivity contribution in [1.29, 1.82) is 0 Å². The summed E-state index contributed by atoms with van der Waals surface area (Å²) in [7, 11) is -4.01. The summed E-state index contributed by atoms with van der Waals surface area (Å²) in [5, 5.41) is 11.0. The molecule has 34 heavy (non-hydrogen) atoms. The third-order valence-electron chi connectivity index (χ3n) is 4.70. The molecule has 0 fully saturated rings. The highest BCUT2D eigenvalue weighted by Crippen LogP contribution is 2.23. The van der Waals surface area contributed by atoms with E-state index in [0.717, 1.165) is 30.0 Å². The lowest BCUT2D eigenvalue weighted by atomic mass is 10.1. The third-order valence-corrected chi connectivity index (χ3v) is 6.08. The first kappa shape index (κ1) is 22.8. The van der Waals surface area contributed by atoms with Gasteiger partial charge in [0.05, 0.1) is 27.5 Å². The zero-order valence-electron chi connectivity index (χ0n) is 17.7. The number of anilines is 2. The Morgan fingerprint density at radius 3 is 1.97 bits per heavy atom. The number of nitrogens with one attached hydrogen (secondary N) is 2. The molecular weight excluding hydrogens is 455 g/mol. The van der Waals surface area contributed by atoms with E-state index >= 15 is 0 Å². The molecule has 0 saturated carbocycles. The van der Waals surface area contributed by atoms with Crippen LogP contribution in [0.25, 0.3) is 0 Å². The van der Waals surface area contributed by atoms with Gasteiger partial charge < -0.3 is 5.32 Å². The summed E-state index contributed by atoms with van der Waals surface area (Å²) < 4.78 is 40.9. The van der Waals surface area contributed by atoms with Crippen molar-refractivity contribution >= 4 is 38.7 Å². The zero-order chi connectivity index (χ0) is 24.0. The quantitative estimate of drug-likeness (QED) is 0.308. The summed E-state index contributed by atoms with van der Waals surface area (Å²) in [6.45, 7) is 0. The Bertz CT molecular complexity index is 1420. The number of hydrogen-bond acceptors (Lipinski definition) is 5. The van der Waals surface area contributed by atoms with Crippen LogP contribution in [0.1, 0.15) is 10.4 Å². The lowest BCUT2D eigenvalue weighted by molar-refractivity contribution is 0.102. The molecule has 4 rings (SSSR count). The van der Waals surface area contributed by atoms with E-state index in [2.05, 4.69) is 20.3 Å². The molecule has 1 amide bonds. The minimum Gasteiger partial charge on any atom is -0.322 e. The fourth-order valence-corrected chi connectivity index (χ4v) is 4.09. The average Bonchev–Trinajstić information content (AvgIpc) is 2.84. The van der Waals surface area contributed by atoms with E-state index in [0.29, 0.717) is 11.4 Å². The van der Waals surface area contributed by atoms with E-state index in [1.165, 1.54) is 12.1 Å². The molecule has 9 heteroatoms. The molecular formula is C25H19FN4O3S. The molecule has 0 aliphatic heterocycles. The Morgan fingerprint density at radius 2 is 1.29 bits per heavy atom. The lowest BCUT2D eigenvalue weighted by Gasteiger charge is -2.13. The Morgan fingerprint density at radius 1 is 0.706 bits per heavy atom. The van der Waals surface area contributed by atoms with Gasteiger partial charge in [0.15, 0.2) is 0 Å². The first-order valence-electron chi connectivity index (χ1n) is 10.2. The van der Waals surface area contributed by atoms with Crippen LogP contribution < -0.4 is 10.0 Å². The first-order chi connectivity index (χ1) is 16.4. The van der Waals surface area contributed by atoms with Gasteiger partial charge in [0.2, 0.25) is 0 Å². The van der Waals surface area contributed by atoms with Crippen molar-refractivity contribution in [2.24, 2.45) is 10.2 Å². The van der Waals surface area contributed by atoms with E-state index in [1.54, 1.807) is 36.4 Å². The lowest BCUT2D eigenvalue weighted by Crippen LogP contribution is -2.18. The van der Waals surface area contributed by atoms with Crippen LogP contribution >= 0.6 is 0 Å². The molecule has 4 aromatic carbocycles. The van der Waals surface area contributed by atoms with Crippen LogP contribution in [0.15, 0.2) is 118 Å².